The van der Waals surface area contributed by atoms with Crippen molar-refractivity contribution in [1.82, 2.24) is 5.32 Å². The molecule has 0 aliphatic heterocycles. The molecule has 4 heteroatoms. The maximum absolute atomic E-state index is 12.1. The molecule has 100 valence electrons. The van der Waals surface area contributed by atoms with Gasteiger partial charge in [0.15, 0.2) is 0 Å². The highest BCUT2D eigenvalue weighted by Gasteiger charge is 2.58. The first-order chi connectivity index (χ1) is 8.61. The molecule has 0 aromatic heterocycles. The first-order valence-electron chi connectivity index (χ1n) is 7.14. The third-order valence-corrected chi connectivity index (χ3v) is 5.23. The van der Waals surface area contributed by atoms with Crippen molar-refractivity contribution in [3.8, 4) is 0 Å². The minimum atomic E-state index is -0.717. The fourth-order valence-corrected chi connectivity index (χ4v) is 3.99. The zero-order valence-corrected chi connectivity index (χ0v) is 10.7. The Hall–Kier alpha value is -1.06. The van der Waals surface area contributed by atoms with E-state index < -0.39 is 5.97 Å². The van der Waals surface area contributed by atoms with Gasteiger partial charge in [-0.25, -0.2) is 0 Å². The summed E-state index contributed by atoms with van der Waals surface area (Å²) in [7, 11) is 0. The summed E-state index contributed by atoms with van der Waals surface area (Å²) in [6, 6.07) is 0.0950. The van der Waals surface area contributed by atoms with Gasteiger partial charge in [-0.05, 0) is 43.9 Å². The molecule has 0 saturated heterocycles. The lowest BCUT2D eigenvalue weighted by atomic mass is 10.0. The van der Waals surface area contributed by atoms with E-state index in [1.54, 1.807) is 0 Å². The largest absolute Gasteiger partial charge is 0.481 e. The van der Waals surface area contributed by atoms with Crippen molar-refractivity contribution in [1.29, 1.82) is 0 Å². The second-order valence-corrected chi connectivity index (χ2v) is 6.38. The minimum Gasteiger partial charge on any atom is -0.481 e. The van der Waals surface area contributed by atoms with E-state index >= 15 is 0 Å². The lowest BCUT2D eigenvalue weighted by Gasteiger charge is -2.14. The SMILES string of the molecule is O=C(N[C@@H]1CC[C@H](C(=O)O)C1)C1CC12CCCC2. The number of rotatable bonds is 3. The third-order valence-electron chi connectivity index (χ3n) is 5.23. The highest BCUT2D eigenvalue weighted by molar-refractivity contribution is 5.83. The Morgan fingerprint density at radius 1 is 1.17 bits per heavy atom. The molecule has 3 saturated carbocycles. The number of amides is 1. The van der Waals surface area contributed by atoms with Crippen LogP contribution in [-0.4, -0.2) is 23.0 Å². The van der Waals surface area contributed by atoms with Crippen LogP contribution in [0.4, 0.5) is 0 Å². The van der Waals surface area contributed by atoms with Crippen molar-refractivity contribution >= 4 is 11.9 Å². The summed E-state index contributed by atoms with van der Waals surface area (Å²) in [4.78, 5) is 23.0. The Morgan fingerprint density at radius 3 is 2.50 bits per heavy atom. The van der Waals surface area contributed by atoms with E-state index in [4.69, 9.17) is 5.11 Å². The van der Waals surface area contributed by atoms with Crippen molar-refractivity contribution in [3.63, 3.8) is 0 Å². The predicted octanol–water partition coefficient (Wildman–Crippen LogP) is 1.94. The number of carbonyl (C=O) groups is 2. The van der Waals surface area contributed by atoms with Gasteiger partial charge in [-0.1, -0.05) is 12.8 Å². The summed E-state index contributed by atoms with van der Waals surface area (Å²) in [5.74, 6) is -0.558. The van der Waals surface area contributed by atoms with Gasteiger partial charge in [-0.3, -0.25) is 9.59 Å². The van der Waals surface area contributed by atoms with E-state index in [0.717, 1.165) is 12.8 Å². The molecule has 1 unspecified atom stereocenters. The minimum absolute atomic E-state index is 0.0950. The monoisotopic (exact) mass is 251 g/mol. The Bertz CT molecular complexity index is 373. The number of carboxylic acids is 1. The van der Waals surface area contributed by atoms with Crippen LogP contribution in [0.5, 0.6) is 0 Å². The van der Waals surface area contributed by atoms with Gasteiger partial charge in [0.05, 0.1) is 5.92 Å². The van der Waals surface area contributed by atoms with E-state index in [2.05, 4.69) is 5.32 Å². The molecule has 1 spiro atoms. The standard InChI is InChI=1S/C14H21NO3/c16-12(11-8-14(11)5-1-2-6-14)15-10-4-3-9(7-10)13(17)18/h9-11H,1-8H2,(H,15,16)(H,17,18)/t9-,10+,11?/m0/s1. The van der Waals surface area contributed by atoms with E-state index in [-0.39, 0.29) is 23.8 Å². The van der Waals surface area contributed by atoms with Crippen LogP contribution in [0.3, 0.4) is 0 Å². The summed E-state index contributed by atoms with van der Waals surface area (Å²) < 4.78 is 0. The van der Waals surface area contributed by atoms with Crippen LogP contribution in [0.1, 0.15) is 51.4 Å². The van der Waals surface area contributed by atoms with Gasteiger partial charge in [0, 0.05) is 12.0 Å². The molecular weight excluding hydrogens is 230 g/mol. The molecule has 3 rings (SSSR count). The van der Waals surface area contributed by atoms with Crippen molar-refractivity contribution in [3.05, 3.63) is 0 Å². The lowest BCUT2D eigenvalue weighted by Crippen LogP contribution is -2.35. The molecule has 0 aromatic carbocycles. The van der Waals surface area contributed by atoms with Crippen LogP contribution < -0.4 is 5.32 Å². The zero-order chi connectivity index (χ0) is 12.8. The smallest absolute Gasteiger partial charge is 0.306 e. The van der Waals surface area contributed by atoms with E-state index in [1.807, 2.05) is 0 Å². The van der Waals surface area contributed by atoms with Gasteiger partial charge in [-0.2, -0.15) is 0 Å². The number of aliphatic carboxylic acids is 1. The molecule has 0 radical (unpaired) electrons. The quantitative estimate of drug-likeness (QED) is 0.805. The van der Waals surface area contributed by atoms with E-state index in [1.165, 1.54) is 25.7 Å². The summed E-state index contributed by atoms with van der Waals surface area (Å²) in [5.41, 5.74) is 0.342. The molecule has 3 atom stereocenters. The second-order valence-electron chi connectivity index (χ2n) is 6.38. The first kappa shape index (κ1) is 12.0. The summed E-state index contributed by atoms with van der Waals surface area (Å²) in [5, 5.41) is 12.0. The van der Waals surface area contributed by atoms with Gasteiger partial charge in [-0.15, -0.1) is 0 Å². The summed E-state index contributed by atoms with van der Waals surface area (Å²) in [6.45, 7) is 0. The van der Waals surface area contributed by atoms with Crippen molar-refractivity contribution < 1.29 is 14.7 Å². The number of carbonyl (C=O) groups excluding carboxylic acids is 1. The molecule has 4 nitrogen and oxygen atoms in total. The highest BCUT2D eigenvalue weighted by atomic mass is 16.4. The van der Waals surface area contributed by atoms with Crippen LogP contribution >= 0.6 is 0 Å². The van der Waals surface area contributed by atoms with Gasteiger partial charge in [0.1, 0.15) is 0 Å². The number of carboxylic acid groups (broad SMARTS) is 1. The van der Waals surface area contributed by atoms with Crippen LogP contribution in [-0.2, 0) is 9.59 Å². The Morgan fingerprint density at radius 2 is 1.89 bits per heavy atom. The van der Waals surface area contributed by atoms with Crippen LogP contribution in [0.25, 0.3) is 0 Å². The first-order valence-corrected chi connectivity index (χ1v) is 7.14. The van der Waals surface area contributed by atoms with Crippen molar-refractivity contribution in [2.75, 3.05) is 0 Å². The van der Waals surface area contributed by atoms with Gasteiger partial charge in [0.2, 0.25) is 5.91 Å². The maximum Gasteiger partial charge on any atom is 0.306 e. The summed E-state index contributed by atoms with van der Waals surface area (Å²) in [6.07, 6.45) is 8.18. The number of hydrogen-bond donors (Lipinski definition) is 2. The van der Waals surface area contributed by atoms with Crippen LogP contribution in [0.15, 0.2) is 0 Å². The van der Waals surface area contributed by atoms with Gasteiger partial charge >= 0.3 is 5.97 Å². The third kappa shape index (κ3) is 2.02. The van der Waals surface area contributed by atoms with E-state index in [9.17, 15) is 9.59 Å². The topological polar surface area (TPSA) is 66.4 Å². The normalized spacial score (nSPS) is 36.8. The lowest BCUT2D eigenvalue weighted by molar-refractivity contribution is -0.141. The fraction of sp³-hybridized carbons (Fsp3) is 0.857. The maximum atomic E-state index is 12.1. The van der Waals surface area contributed by atoms with Crippen LogP contribution in [0, 0.1) is 17.3 Å². The Labute approximate surface area is 107 Å². The number of hydrogen-bond acceptors (Lipinski definition) is 2. The van der Waals surface area contributed by atoms with Crippen molar-refractivity contribution in [2.45, 2.75) is 57.4 Å². The van der Waals surface area contributed by atoms with Gasteiger partial charge < -0.3 is 10.4 Å². The zero-order valence-electron chi connectivity index (χ0n) is 10.7. The highest BCUT2D eigenvalue weighted by Crippen LogP contribution is 2.62. The molecule has 3 fully saturated rings. The average molecular weight is 251 g/mol. The molecule has 0 aromatic rings. The van der Waals surface area contributed by atoms with E-state index in [0.29, 0.717) is 18.3 Å². The van der Waals surface area contributed by atoms with Gasteiger partial charge in [0.25, 0.3) is 0 Å². The molecular formula is C14H21NO3. The number of nitrogens with one attached hydrogen (secondary N) is 1. The second kappa shape index (κ2) is 4.25. The van der Waals surface area contributed by atoms with Crippen LogP contribution in [0.2, 0.25) is 0 Å². The molecule has 1 amide bonds. The molecule has 2 N–H and O–H groups in total. The molecule has 0 heterocycles. The predicted molar refractivity (Wildman–Crippen MR) is 65.9 cm³/mol. The summed E-state index contributed by atoms with van der Waals surface area (Å²) >= 11 is 0. The molecule has 18 heavy (non-hydrogen) atoms. The molecule has 3 aliphatic carbocycles. The molecule has 3 aliphatic rings. The Balaban J connectivity index is 1.49. The Kier molecular flexibility index (Phi) is 2.83. The average Bonchev–Trinajstić information content (AvgIpc) is 2.68. The van der Waals surface area contributed by atoms with Crippen molar-refractivity contribution in [2.24, 2.45) is 17.3 Å². The molecule has 0 bridgehead atoms. The fourth-order valence-electron chi connectivity index (χ4n) is 3.99.